The Labute approximate surface area is 227 Å². The number of hydrogen-bond acceptors (Lipinski definition) is 2. The van der Waals surface area contributed by atoms with Crippen LogP contribution in [0.1, 0.15) is 49.3 Å². The molecule has 0 aliphatic carbocycles. The average Bonchev–Trinajstić information content (AvgIpc) is 3.13. The smallest absolute Gasteiger partial charge is 0.251 e. The molecule has 37 heavy (non-hydrogen) atoms. The normalized spacial score (nSPS) is 16.3. The summed E-state index contributed by atoms with van der Waals surface area (Å²) in [5, 5.41) is 3.11. The van der Waals surface area contributed by atoms with E-state index in [0.29, 0.717) is 13.0 Å². The molecule has 194 valence electrons. The number of carbonyl (C=O) groups excluding carboxylic acids is 1. The van der Waals surface area contributed by atoms with E-state index in [-0.39, 0.29) is 18.3 Å². The van der Waals surface area contributed by atoms with Gasteiger partial charge in [0.25, 0.3) is 5.91 Å². The van der Waals surface area contributed by atoms with E-state index in [2.05, 4.69) is 67.7 Å². The quantitative estimate of drug-likeness (QED) is 0.503. The van der Waals surface area contributed by atoms with Crippen LogP contribution < -0.4 is 22.5 Å². The van der Waals surface area contributed by atoms with E-state index >= 15 is 0 Å². The second-order valence-electron chi connectivity index (χ2n) is 10.4. The summed E-state index contributed by atoms with van der Waals surface area (Å²) >= 11 is 0. The first kappa shape index (κ1) is 27.0. The van der Waals surface area contributed by atoms with E-state index in [9.17, 15) is 4.79 Å². The number of piperidine rings is 1. The molecule has 0 radical (unpaired) electrons. The molecule has 5 heteroatoms. The molecule has 0 bridgehead atoms. The summed E-state index contributed by atoms with van der Waals surface area (Å²) in [7, 11) is 0. The van der Waals surface area contributed by atoms with Gasteiger partial charge < -0.3 is 26.9 Å². The summed E-state index contributed by atoms with van der Waals surface area (Å²) in [6.07, 6.45) is 6.58. The van der Waals surface area contributed by atoms with Crippen LogP contribution in [0.25, 0.3) is 17.2 Å². The number of halogens is 1. The van der Waals surface area contributed by atoms with Crippen LogP contribution in [0.4, 0.5) is 5.69 Å². The highest BCUT2D eigenvalue weighted by molar-refractivity contribution is 6.07. The van der Waals surface area contributed by atoms with Gasteiger partial charge in [0.05, 0.1) is 26.2 Å². The third kappa shape index (κ3) is 6.44. The van der Waals surface area contributed by atoms with Crippen LogP contribution in [0.15, 0.2) is 72.3 Å². The summed E-state index contributed by atoms with van der Waals surface area (Å²) in [4.78, 5) is 13.2. The number of nitrogens with zero attached hydrogens (tertiary/aromatic N) is 1. The lowest BCUT2D eigenvalue weighted by molar-refractivity contribution is -0.943. The minimum atomic E-state index is -0.0620. The Morgan fingerprint density at radius 3 is 2.32 bits per heavy atom. The number of likely N-dealkylation sites (tertiary alicyclic amines) is 1. The third-order valence-corrected chi connectivity index (χ3v) is 7.81. The molecule has 5 rings (SSSR count). The SMILES string of the molecule is CC[N+]1(Cc2ccc(NC(=O)C3=Cc4cc(-c5ccc(C)cc5)ccc4OCC3)cc2)CCCCC1.[Cl-]. The lowest BCUT2D eigenvalue weighted by atomic mass is 10.00. The molecule has 0 unspecified atom stereocenters. The Hall–Kier alpha value is -3.08. The first-order valence-corrected chi connectivity index (χ1v) is 13.3. The monoisotopic (exact) mass is 516 g/mol. The molecule has 1 saturated heterocycles. The van der Waals surface area contributed by atoms with Gasteiger partial charge >= 0.3 is 0 Å². The van der Waals surface area contributed by atoms with Crippen molar-refractivity contribution in [2.24, 2.45) is 0 Å². The fourth-order valence-corrected chi connectivity index (χ4v) is 5.49. The molecule has 2 aliphatic rings. The van der Waals surface area contributed by atoms with E-state index in [4.69, 9.17) is 4.74 Å². The van der Waals surface area contributed by atoms with Gasteiger partial charge in [0.2, 0.25) is 0 Å². The summed E-state index contributed by atoms with van der Waals surface area (Å²) in [5.74, 6) is 0.761. The van der Waals surface area contributed by atoms with Gasteiger partial charge in [-0.05, 0) is 74.6 Å². The van der Waals surface area contributed by atoms with Crippen LogP contribution in [0.5, 0.6) is 5.75 Å². The van der Waals surface area contributed by atoms with Gasteiger partial charge in [-0.15, -0.1) is 0 Å². The Bertz CT molecular complexity index is 1240. The van der Waals surface area contributed by atoms with Crippen molar-refractivity contribution in [2.75, 3.05) is 31.6 Å². The fourth-order valence-electron chi connectivity index (χ4n) is 5.49. The first-order chi connectivity index (χ1) is 17.5. The molecule has 3 aromatic carbocycles. The van der Waals surface area contributed by atoms with Crippen LogP contribution in [0.3, 0.4) is 0 Å². The van der Waals surface area contributed by atoms with Gasteiger partial charge in [0.1, 0.15) is 12.3 Å². The molecule has 2 aliphatic heterocycles. The highest BCUT2D eigenvalue weighted by atomic mass is 35.5. The number of amides is 1. The van der Waals surface area contributed by atoms with Gasteiger partial charge in [-0.3, -0.25) is 4.79 Å². The van der Waals surface area contributed by atoms with Crippen molar-refractivity contribution in [1.29, 1.82) is 0 Å². The van der Waals surface area contributed by atoms with E-state index < -0.39 is 0 Å². The fraction of sp³-hybridized carbons (Fsp3) is 0.344. The number of aryl methyl sites for hydroxylation is 1. The maximum absolute atomic E-state index is 13.2. The predicted molar refractivity (Wildman–Crippen MR) is 148 cm³/mol. The standard InChI is InChI=1S/C32H36N2O2.ClH/c1-3-34(18-5-4-6-19-34)23-25-9-14-30(15-10-25)33-32(35)28-17-20-36-31-16-13-27(21-29(31)22-28)26-11-7-24(2)8-12-26;/h7-16,21-22H,3-6,17-20,23H2,1-2H3;1H. The molecule has 0 atom stereocenters. The molecule has 1 amide bonds. The highest BCUT2D eigenvalue weighted by Crippen LogP contribution is 2.31. The number of anilines is 1. The molecular weight excluding hydrogens is 480 g/mol. The molecule has 0 aromatic heterocycles. The number of carbonyl (C=O) groups is 1. The zero-order chi connectivity index (χ0) is 25.0. The highest BCUT2D eigenvalue weighted by Gasteiger charge is 2.28. The lowest BCUT2D eigenvalue weighted by Crippen LogP contribution is -3.00. The number of quaternary nitrogens is 1. The van der Waals surface area contributed by atoms with Gasteiger partial charge in [0.15, 0.2) is 0 Å². The van der Waals surface area contributed by atoms with Gasteiger partial charge in [-0.2, -0.15) is 0 Å². The van der Waals surface area contributed by atoms with Crippen molar-refractivity contribution in [3.63, 3.8) is 0 Å². The van der Waals surface area contributed by atoms with Crippen molar-refractivity contribution in [3.8, 4) is 16.9 Å². The van der Waals surface area contributed by atoms with Crippen LogP contribution in [-0.4, -0.2) is 36.6 Å². The summed E-state index contributed by atoms with van der Waals surface area (Å²) in [6, 6.07) is 23.1. The van der Waals surface area contributed by atoms with E-state index in [1.807, 2.05) is 24.3 Å². The topological polar surface area (TPSA) is 38.3 Å². The minimum absolute atomic E-state index is 0. The second kappa shape index (κ2) is 12.0. The van der Waals surface area contributed by atoms with Crippen molar-refractivity contribution >= 4 is 17.7 Å². The Morgan fingerprint density at radius 2 is 1.62 bits per heavy atom. The molecule has 0 saturated carbocycles. The van der Waals surface area contributed by atoms with Crippen LogP contribution in [-0.2, 0) is 11.3 Å². The first-order valence-electron chi connectivity index (χ1n) is 13.3. The van der Waals surface area contributed by atoms with Crippen molar-refractivity contribution in [2.45, 2.75) is 46.1 Å². The zero-order valence-electron chi connectivity index (χ0n) is 21.9. The lowest BCUT2D eigenvalue weighted by Gasteiger charge is -2.41. The Balaban J connectivity index is 0.00000320. The number of benzene rings is 3. The maximum Gasteiger partial charge on any atom is 0.251 e. The number of ether oxygens (including phenoxy) is 1. The molecule has 0 spiro atoms. The molecule has 3 aromatic rings. The number of hydrogen-bond donors (Lipinski definition) is 1. The maximum atomic E-state index is 13.2. The van der Waals surface area contributed by atoms with Gasteiger partial charge in [-0.25, -0.2) is 0 Å². The molecule has 4 nitrogen and oxygen atoms in total. The largest absolute Gasteiger partial charge is 1.00 e. The van der Waals surface area contributed by atoms with E-state index in [0.717, 1.165) is 40.2 Å². The van der Waals surface area contributed by atoms with Crippen LogP contribution in [0, 0.1) is 6.92 Å². The summed E-state index contributed by atoms with van der Waals surface area (Å²) in [6.45, 7) is 9.71. The predicted octanol–water partition coefficient (Wildman–Crippen LogP) is 3.99. The zero-order valence-corrected chi connectivity index (χ0v) is 22.7. The van der Waals surface area contributed by atoms with E-state index in [1.165, 1.54) is 54.5 Å². The van der Waals surface area contributed by atoms with Crippen LogP contribution >= 0.6 is 0 Å². The summed E-state index contributed by atoms with van der Waals surface area (Å²) < 4.78 is 7.15. The number of rotatable bonds is 6. The third-order valence-electron chi connectivity index (χ3n) is 7.81. The number of fused-ring (bicyclic) bond motifs is 1. The van der Waals surface area contributed by atoms with Crippen LogP contribution in [0.2, 0.25) is 0 Å². The number of nitrogens with one attached hydrogen (secondary N) is 1. The Morgan fingerprint density at radius 1 is 0.919 bits per heavy atom. The molecule has 1 N–H and O–H groups in total. The van der Waals surface area contributed by atoms with Crippen molar-refractivity contribution in [3.05, 3.63) is 89.0 Å². The van der Waals surface area contributed by atoms with Crippen molar-refractivity contribution in [1.82, 2.24) is 0 Å². The average molecular weight is 517 g/mol. The molecular formula is C32H37ClN2O2. The minimum Gasteiger partial charge on any atom is -1.00 e. The molecule has 1 fully saturated rings. The second-order valence-corrected chi connectivity index (χ2v) is 10.4. The Kier molecular flexibility index (Phi) is 8.73. The van der Waals surface area contributed by atoms with Gasteiger partial charge in [-0.1, -0.05) is 48.0 Å². The van der Waals surface area contributed by atoms with Crippen molar-refractivity contribution < 1.29 is 26.4 Å². The van der Waals surface area contributed by atoms with Gasteiger partial charge in [0, 0.05) is 28.8 Å². The van der Waals surface area contributed by atoms with E-state index in [1.54, 1.807) is 0 Å². The summed E-state index contributed by atoms with van der Waals surface area (Å²) in [5.41, 5.74) is 7.38. The molecule has 2 heterocycles.